The van der Waals surface area contributed by atoms with Crippen molar-refractivity contribution < 1.29 is 33.3 Å². The molecule has 0 spiro atoms. The van der Waals surface area contributed by atoms with Gasteiger partial charge in [-0.3, -0.25) is 4.79 Å². The predicted molar refractivity (Wildman–Crippen MR) is 67.6 cm³/mol. The number of methoxy groups -OCH3 is 1. The number of carbonyl (C=O) groups is 2. The van der Waals surface area contributed by atoms with E-state index in [-0.39, 0.29) is 19.0 Å². The van der Waals surface area contributed by atoms with Gasteiger partial charge in [0.2, 0.25) is 0 Å². The fraction of sp³-hybridized carbons (Fsp3) is 0.692. The second-order valence-corrected chi connectivity index (χ2v) is 4.32. The minimum atomic E-state index is -2.31. The summed E-state index contributed by atoms with van der Waals surface area (Å²) < 4.78 is 28.0. The highest BCUT2D eigenvalue weighted by Gasteiger charge is 2.37. The van der Waals surface area contributed by atoms with E-state index in [1.54, 1.807) is 5.92 Å². The third-order valence-electron chi connectivity index (χ3n) is 2.43. The monoisotopic (exact) mass is 290 g/mol. The molecule has 0 aliphatic rings. The van der Waals surface area contributed by atoms with Crippen LogP contribution in [0.25, 0.3) is 0 Å². The number of aliphatic hydroxyl groups excluding tert-OH is 1. The number of halogens is 1. The van der Waals surface area contributed by atoms with Crippen LogP contribution >= 0.6 is 0 Å². The highest BCUT2D eigenvalue weighted by molar-refractivity contribution is 5.77. The molecule has 0 aromatic rings. The number of terminal acetylenes is 1. The van der Waals surface area contributed by atoms with Crippen molar-refractivity contribution in [1.29, 1.82) is 0 Å². The van der Waals surface area contributed by atoms with Gasteiger partial charge in [-0.1, -0.05) is 5.92 Å². The molecule has 0 aliphatic carbocycles. The van der Waals surface area contributed by atoms with E-state index in [1.165, 1.54) is 14.0 Å². The Morgan fingerprint density at radius 1 is 1.45 bits per heavy atom. The Morgan fingerprint density at radius 2 is 2.05 bits per heavy atom. The minimum Gasteiger partial charge on any atom is -0.461 e. The van der Waals surface area contributed by atoms with Crippen molar-refractivity contribution in [3.05, 3.63) is 0 Å². The maximum absolute atomic E-state index is 13.7. The lowest BCUT2D eigenvalue weighted by atomic mass is 9.98. The van der Waals surface area contributed by atoms with Crippen molar-refractivity contribution in [3.63, 3.8) is 0 Å². The maximum atomic E-state index is 13.7. The van der Waals surface area contributed by atoms with Crippen LogP contribution in [-0.2, 0) is 23.8 Å². The standard InChI is InChI=1S/C13H19FO6/c1-5-13(3,14)12(17)10(18-4)7-20-11(16)8-19-6-9(2)15/h1,10,12,17H,6-8H2,2-4H3. The molecule has 3 unspecified atom stereocenters. The van der Waals surface area contributed by atoms with E-state index in [2.05, 4.69) is 0 Å². The molecule has 0 aliphatic heterocycles. The number of Topliss-reactive ketones (excluding diaryl/α,β-unsaturated/α-hetero) is 1. The van der Waals surface area contributed by atoms with Gasteiger partial charge in [0.05, 0.1) is 0 Å². The lowest BCUT2D eigenvalue weighted by molar-refractivity contribution is -0.158. The van der Waals surface area contributed by atoms with Gasteiger partial charge in [0.1, 0.15) is 32.0 Å². The van der Waals surface area contributed by atoms with Crippen LogP contribution < -0.4 is 0 Å². The van der Waals surface area contributed by atoms with Crippen LogP contribution in [0.3, 0.4) is 0 Å². The zero-order valence-corrected chi connectivity index (χ0v) is 11.7. The number of aliphatic hydroxyl groups is 1. The van der Waals surface area contributed by atoms with E-state index in [9.17, 15) is 19.1 Å². The Hall–Kier alpha value is -1.49. The molecule has 0 aromatic heterocycles. The van der Waals surface area contributed by atoms with Crippen LogP contribution in [0.2, 0.25) is 0 Å². The molecule has 0 radical (unpaired) electrons. The summed E-state index contributed by atoms with van der Waals surface area (Å²) in [6, 6.07) is 0. The third kappa shape index (κ3) is 6.61. The molecule has 0 aromatic carbocycles. The second-order valence-electron chi connectivity index (χ2n) is 4.32. The molecule has 0 fully saturated rings. The summed E-state index contributed by atoms with van der Waals surface area (Å²) in [6.07, 6.45) is 2.19. The SMILES string of the molecule is C#CC(C)(F)C(O)C(COC(=O)COCC(C)=O)OC. The molecule has 0 bridgehead atoms. The number of carbonyl (C=O) groups excluding carboxylic acids is 2. The van der Waals surface area contributed by atoms with Crippen LogP contribution in [0.15, 0.2) is 0 Å². The molecule has 0 amide bonds. The number of esters is 1. The Morgan fingerprint density at radius 3 is 2.50 bits per heavy atom. The van der Waals surface area contributed by atoms with Crippen LogP contribution in [0.1, 0.15) is 13.8 Å². The van der Waals surface area contributed by atoms with E-state index in [0.29, 0.717) is 0 Å². The van der Waals surface area contributed by atoms with E-state index in [0.717, 1.165) is 6.92 Å². The number of ether oxygens (including phenoxy) is 3. The summed E-state index contributed by atoms with van der Waals surface area (Å²) in [5.74, 6) is 0.797. The van der Waals surface area contributed by atoms with Gasteiger partial charge in [-0.05, 0) is 13.8 Å². The number of hydrogen-bond acceptors (Lipinski definition) is 6. The average molecular weight is 290 g/mol. The summed E-state index contributed by atoms with van der Waals surface area (Å²) in [6.45, 7) is 1.31. The highest BCUT2D eigenvalue weighted by Crippen LogP contribution is 2.19. The summed E-state index contributed by atoms with van der Waals surface area (Å²) in [7, 11) is 1.22. The normalized spacial score (nSPS) is 16.6. The molecule has 20 heavy (non-hydrogen) atoms. The van der Waals surface area contributed by atoms with Crippen LogP contribution in [0.5, 0.6) is 0 Å². The predicted octanol–water partition coefficient (Wildman–Crippen LogP) is -0.128. The number of hydrogen-bond donors (Lipinski definition) is 1. The van der Waals surface area contributed by atoms with Gasteiger partial charge in [0.25, 0.3) is 0 Å². The van der Waals surface area contributed by atoms with Crippen molar-refractivity contribution in [1.82, 2.24) is 0 Å². The van der Waals surface area contributed by atoms with Crippen molar-refractivity contribution in [3.8, 4) is 12.3 Å². The average Bonchev–Trinajstić information content (AvgIpc) is 2.38. The molecule has 0 heterocycles. The van der Waals surface area contributed by atoms with Crippen LogP contribution in [0.4, 0.5) is 4.39 Å². The first-order valence-electron chi connectivity index (χ1n) is 5.85. The first-order valence-corrected chi connectivity index (χ1v) is 5.85. The van der Waals surface area contributed by atoms with E-state index in [4.69, 9.17) is 20.6 Å². The summed E-state index contributed by atoms with van der Waals surface area (Å²) >= 11 is 0. The van der Waals surface area contributed by atoms with Crippen LogP contribution in [0, 0.1) is 12.3 Å². The van der Waals surface area contributed by atoms with E-state index < -0.39 is 30.5 Å². The fourth-order valence-electron chi connectivity index (χ4n) is 1.22. The van der Waals surface area contributed by atoms with E-state index in [1.807, 2.05) is 0 Å². The minimum absolute atomic E-state index is 0.203. The van der Waals surface area contributed by atoms with Crippen LogP contribution in [-0.4, -0.2) is 61.7 Å². The molecule has 6 nitrogen and oxygen atoms in total. The van der Waals surface area contributed by atoms with Crippen molar-refractivity contribution in [2.45, 2.75) is 31.7 Å². The topological polar surface area (TPSA) is 82.1 Å². The number of alkyl halides is 1. The lowest BCUT2D eigenvalue weighted by Gasteiger charge is -2.27. The molecule has 0 rings (SSSR count). The second kappa shape index (κ2) is 8.64. The quantitative estimate of drug-likeness (QED) is 0.470. The Labute approximate surface area is 117 Å². The molecular formula is C13H19FO6. The molecular weight excluding hydrogens is 271 g/mol. The maximum Gasteiger partial charge on any atom is 0.332 e. The zero-order valence-electron chi connectivity index (χ0n) is 11.7. The Kier molecular flexibility index (Phi) is 7.99. The Balaban J connectivity index is 4.23. The van der Waals surface area contributed by atoms with Gasteiger partial charge in [-0.15, -0.1) is 6.42 Å². The van der Waals surface area contributed by atoms with Gasteiger partial charge in [0.15, 0.2) is 11.5 Å². The molecule has 0 saturated heterocycles. The number of rotatable bonds is 9. The first kappa shape index (κ1) is 18.5. The van der Waals surface area contributed by atoms with Gasteiger partial charge in [0, 0.05) is 7.11 Å². The largest absolute Gasteiger partial charge is 0.461 e. The molecule has 3 atom stereocenters. The first-order chi connectivity index (χ1) is 9.24. The van der Waals surface area contributed by atoms with Gasteiger partial charge in [-0.25, -0.2) is 9.18 Å². The molecule has 0 saturated carbocycles. The highest BCUT2D eigenvalue weighted by atomic mass is 19.1. The van der Waals surface area contributed by atoms with Crippen molar-refractivity contribution in [2.24, 2.45) is 0 Å². The summed E-state index contributed by atoms with van der Waals surface area (Å²) in [5, 5.41) is 9.69. The third-order valence-corrected chi connectivity index (χ3v) is 2.43. The van der Waals surface area contributed by atoms with Gasteiger partial charge >= 0.3 is 5.97 Å². The molecule has 7 heteroatoms. The molecule has 114 valence electrons. The smallest absolute Gasteiger partial charge is 0.332 e. The number of ketones is 1. The summed E-state index contributed by atoms with van der Waals surface area (Å²) in [4.78, 5) is 21.8. The van der Waals surface area contributed by atoms with Gasteiger partial charge < -0.3 is 19.3 Å². The zero-order chi connectivity index (χ0) is 15.8. The Bertz CT molecular complexity index is 374. The fourth-order valence-corrected chi connectivity index (χ4v) is 1.22. The van der Waals surface area contributed by atoms with Crippen molar-refractivity contribution in [2.75, 3.05) is 26.9 Å². The summed E-state index contributed by atoms with van der Waals surface area (Å²) in [5.41, 5.74) is -2.31. The van der Waals surface area contributed by atoms with Gasteiger partial charge in [-0.2, -0.15) is 0 Å². The lowest BCUT2D eigenvalue weighted by Crippen LogP contribution is -2.46. The van der Waals surface area contributed by atoms with Crippen molar-refractivity contribution >= 4 is 11.8 Å². The van der Waals surface area contributed by atoms with E-state index >= 15 is 0 Å². The molecule has 1 N–H and O–H groups in total.